The van der Waals surface area contributed by atoms with Gasteiger partial charge in [-0.2, -0.15) is 9.97 Å². The van der Waals surface area contributed by atoms with E-state index in [1.807, 2.05) is 4.90 Å². The summed E-state index contributed by atoms with van der Waals surface area (Å²) in [7, 11) is 0. The number of aromatic nitrogens is 2. The number of piperidine rings is 1. The second-order valence-corrected chi connectivity index (χ2v) is 7.05. The third-order valence-electron chi connectivity index (χ3n) is 5.18. The van der Waals surface area contributed by atoms with Gasteiger partial charge in [0.05, 0.1) is 25.3 Å². The highest BCUT2D eigenvalue weighted by Gasteiger charge is 2.46. The second-order valence-electron chi connectivity index (χ2n) is 7.05. The summed E-state index contributed by atoms with van der Waals surface area (Å²) in [5.74, 6) is 1.08. The summed E-state index contributed by atoms with van der Waals surface area (Å²) in [6.45, 7) is 3.71. The zero-order valence-electron chi connectivity index (χ0n) is 14.2. The normalized spacial score (nSPS) is 27.0. The Balaban J connectivity index is 1.54. The van der Waals surface area contributed by atoms with Gasteiger partial charge >= 0.3 is 0 Å². The van der Waals surface area contributed by atoms with Crippen LogP contribution in [0.2, 0.25) is 0 Å². The molecule has 2 fully saturated rings. The number of fused-ring (bicyclic) bond motifs is 1. The van der Waals surface area contributed by atoms with E-state index in [-0.39, 0.29) is 17.8 Å². The van der Waals surface area contributed by atoms with Gasteiger partial charge in [0.1, 0.15) is 5.82 Å². The molecule has 9 nitrogen and oxygen atoms in total. The van der Waals surface area contributed by atoms with Crippen molar-refractivity contribution in [2.75, 3.05) is 50.9 Å². The lowest BCUT2D eigenvalue weighted by atomic mass is 9.94. The first-order valence-corrected chi connectivity index (χ1v) is 8.74. The van der Waals surface area contributed by atoms with Crippen LogP contribution in [0.25, 0.3) is 0 Å². The van der Waals surface area contributed by atoms with E-state index in [4.69, 9.17) is 20.9 Å². The quantitative estimate of drug-likeness (QED) is 0.600. The topological polar surface area (TPSA) is 129 Å². The van der Waals surface area contributed by atoms with Gasteiger partial charge in [-0.1, -0.05) is 0 Å². The number of anilines is 2. The fourth-order valence-corrected chi connectivity index (χ4v) is 3.90. The smallest absolute Gasteiger partial charge is 0.225 e. The van der Waals surface area contributed by atoms with Crippen molar-refractivity contribution in [1.29, 1.82) is 0 Å². The standard InChI is InChI=1S/C16H24N6O3/c17-12-11-7-16(25-13(11)21-15(18)20-12)8-22(5-6-24-9-16)14(23)10-1-3-19-4-2-10/h10,19H,1-9H2,(H4,17,18,20,21)/t16-/m1/s1. The van der Waals surface area contributed by atoms with Gasteiger partial charge in [0.15, 0.2) is 5.60 Å². The summed E-state index contributed by atoms with van der Waals surface area (Å²) in [5.41, 5.74) is 11.7. The van der Waals surface area contributed by atoms with Crippen LogP contribution in [0.5, 0.6) is 5.88 Å². The molecule has 2 saturated heterocycles. The van der Waals surface area contributed by atoms with Crippen molar-refractivity contribution in [2.45, 2.75) is 24.9 Å². The Morgan fingerprint density at radius 2 is 2.08 bits per heavy atom. The number of nitrogens with two attached hydrogens (primary N) is 2. The second kappa shape index (κ2) is 6.30. The van der Waals surface area contributed by atoms with E-state index in [9.17, 15) is 4.79 Å². The first kappa shape index (κ1) is 16.3. The molecular formula is C16H24N6O3. The summed E-state index contributed by atoms with van der Waals surface area (Å²) in [6.07, 6.45) is 2.27. The Morgan fingerprint density at radius 1 is 1.28 bits per heavy atom. The minimum Gasteiger partial charge on any atom is -0.466 e. The number of nitrogens with zero attached hydrogens (tertiary/aromatic N) is 3. The van der Waals surface area contributed by atoms with Crippen LogP contribution >= 0.6 is 0 Å². The summed E-state index contributed by atoms with van der Waals surface area (Å²) >= 11 is 0. The highest BCUT2D eigenvalue weighted by atomic mass is 16.6. The van der Waals surface area contributed by atoms with Gasteiger partial charge in [-0.15, -0.1) is 0 Å². The molecular weight excluding hydrogens is 324 g/mol. The van der Waals surface area contributed by atoms with E-state index < -0.39 is 5.60 Å². The first-order chi connectivity index (χ1) is 12.1. The SMILES string of the molecule is Nc1nc(N)c2c(n1)O[C@]1(COCCN(C(=O)C3CCNCC3)C1)C2. The lowest BCUT2D eigenvalue weighted by molar-refractivity contribution is -0.138. The maximum Gasteiger partial charge on any atom is 0.225 e. The first-order valence-electron chi connectivity index (χ1n) is 8.74. The molecule has 1 aromatic heterocycles. The Morgan fingerprint density at radius 3 is 2.88 bits per heavy atom. The number of rotatable bonds is 1. The number of hydrogen-bond acceptors (Lipinski definition) is 8. The fourth-order valence-electron chi connectivity index (χ4n) is 3.90. The number of nitrogens with one attached hydrogen (secondary N) is 1. The summed E-state index contributed by atoms with van der Waals surface area (Å²) in [4.78, 5) is 23.0. The van der Waals surface area contributed by atoms with Crippen molar-refractivity contribution < 1.29 is 14.3 Å². The van der Waals surface area contributed by atoms with E-state index in [1.165, 1.54) is 0 Å². The largest absolute Gasteiger partial charge is 0.466 e. The van der Waals surface area contributed by atoms with Crippen molar-refractivity contribution in [3.63, 3.8) is 0 Å². The van der Waals surface area contributed by atoms with Gasteiger partial charge in [0.25, 0.3) is 0 Å². The van der Waals surface area contributed by atoms with Crippen LogP contribution in [0.15, 0.2) is 0 Å². The monoisotopic (exact) mass is 348 g/mol. The molecule has 1 amide bonds. The van der Waals surface area contributed by atoms with Gasteiger partial charge < -0.3 is 31.2 Å². The average Bonchev–Trinajstić information content (AvgIpc) is 2.83. The molecule has 1 aromatic rings. The predicted molar refractivity (Wildman–Crippen MR) is 90.9 cm³/mol. The predicted octanol–water partition coefficient (Wildman–Crippen LogP) is -0.827. The number of carbonyl (C=O) groups excluding carboxylic acids is 1. The molecule has 0 aliphatic carbocycles. The van der Waals surface area contributed by atoms with Crippen LogP contribution < -0.4 is 21.5 Å². The van der Waals surface area contributed by atoms with Crippen molar-refractivity contribution in [3.8, 4) is 5.88 Å². The van der Waals surface area contributed by atoms with E-state index in [0.717, 1.165) is 31.5 Å². The summed E-state index contributed by atoms with van der Waals surface area (Å²) < 4.78 is 11.9. The Hall–Kier alpha value is -2.13. The number of amides is 1. The van der Waals surface area contributed by atoms with E-state index in [0.29, 0.717) is 44.4 Å². The summed E-state index contributed by atoms with van der Waals surface area (Å²) in [5, 5.41) is 3.30. The lowest BCUT2D eigenvalue weighted by Crippen LogP contribution is -2.51. The van der Waals surface area contributed by atoms with Gasteiger partial charge in [-0.25, -0.2) is 0 Å². The van der Waals surface area contributed by atoms with Crippen LogP contribution in [0.3, 0.4) is 0 Å². The van der Waals surface area contributed by atoms with Crippen LogP contribution in [0.4, 0.5) is 11.8 Å². The van der Waals surface area contributed by atoms with E-state index >= 15 is 0 Å². The molecule has 1 atom stereocenters. The Labute approximate surface area is 146 Å². The molecule has 0 aromatic carbocycles. The molecule has 9 heteroatoms. The van der Waals surface area contributed by atoms with Crippen molar-refractivity contribution in [3.05, 3.63) is 5.56 Å². The lowest BCUT2D eigenvalue weighted by Gasteiger charge is -2.33. The molecule has 0 bridgehead atoms. The molecule has 136 valence electrons. The number of nitrogen functional groups attached to an aromatic ring is 2. The van der Waals surface area contributed by atoms with Crippen molar-refractivity contribution in [1.82, 2.24) is 20.2 Å². The number of carbonyl (C=O) groups is 1. The molecule has 4 heterocycles. The average molecular weight is 348 g/mol. The molecule has 0 unspecified atom stereocenters. The van der Waals surface area contributed by atoms with Crippen molar-refractivity contribution >= 4 is 17.7 Å². The van der Waals surface area contributed by atoms with E-state index in [1.54, 1.807) is 0 Å². The molecule has 0 saturated carbocycles. The Bertz CT molecular complexity index is 678. The maximum absolute atomic E-state index is 13.0. The third-order valence-corrected chi connectivity index (χ3v) is 5.18. The van der Waals surface area contributed by atoms with Crippen molar-refractivity contribution in [2.24, 2.45) is 5.92 Å². The van der Waals surface area contributed by atoms with Gasteiger partial charge in [0.2, 0.25) is 17.7 Å². The van der Waals surface area contributed by atoms with Crippen LogP contribution in [0, 0.1) is 5.92 Å². The number of hydrogen-bond donors (Lipinski definition) is 3. The molecule has 1 spiro atoms. The van der Waals surface area contributed by atoms with E-state index in [2.05, 4.69) is 15.3 Å². The zero-order chi connectivity index (χ0) is 17.4. The highest BCUT2D eigenvalue weighted by molar-refractivity contribution is 5.79. The maximum atomic E-state index is 13.0. The highest BCUT2D eigenvalue weighted by Crippen LogP contribution is 2.38. The van der Waals surface area contributed by atoms with Crippen LogP contribution in [-0.4, -0.2) is 65.8 Å². The molecule has 5 N–H and O–H groups in total. The summed E-state index contributed by atoms with van der Waals surface area (Å²) in [6, 6.07) is 0. The molecule has 25 heavy (non-hydrogen) atoms. The minimum atomic E-state index is -0.669. The third kappa shape index (κ3) is 3.09. The number of ether oxygens (including phenoxy) is 2. The zero-order valence-corrected chi connectivity index (χ0v) is 14.2. The van der Waals surface area contributed by atoms with Crippen LogP contribution in [0.1, 0.15) is 18.4 Å². The molecule has 3 aliphatic rings. The van der Waals surface area contributed by atoms with Gasteiger partial charge in [0, 0.05) is 18.9 Å². The minimum absolute atomic E-state index is 0.0701. The fraction of sp³-hybridized carbons (Fsp3) is 0.688. The van der Waals surface area contributed by atoms with Gasteiger partial charge in [-0.05, 0) is 25.9 Å². The molecule has 4 rings (SSSR count). The molecule has 3 aliphatic heterocycles. The Kier molecular flexibility index (Phi) is 4.12. The van der Waals surface area contributed by atoms with Gasteiger partial charge in [-0.3, -0.25) is 4.79 Å². The van der Waals surface area contributed by atoms with Crippen LogP contribution in [-0.2, 0) is 16.0 Å². The molecule has 0 radical (unpaired) electrons.